The van der Waals surface area contributed by atoms with E-state index in [-0.39, 0.29) is 5.91 Å². The van der Waals surface area contributed by atoms with Crippen LogP contribution in [0.1, 0.15) is 16.0 Å². The highest BCUT2D eigenvalue weighted by Gasteiger charge is 2.11. The summed E-state index contributed by atoms with van der Waals surface area (Å²) in [5.74, 6) is 2.32. The Kier molecular flexibility index (Phi) is 6.76. The van der Waals surface area contributed by atoms with E-state index in [0.717, 1.165) is 39.5 Å². The predicted octanol–water partition coefficient (Wildman–Crippen LogP) is 5.02. The smallest absolute Gasteiger partial charge is 0.248 e. The van der Waals surface area contributed by atoms with E-state index in [2.05, 4.69) is 44.3 Å². The van der Waals surface area contributed by atoms with E-state index in [9.17, 15) is 4.79 Å². The van der Waals surface area contributed by atoms with Crippen molar-refractivity contribution in [3.05, 3.63) is 56.2 Å². The van der Waals surface area contributed by atoms with Crippen LogP contribution < -0.4 is 5.32 Å². The number of benzene rings is 1. The molecule has 0 bridgehead atoms. The summed E-state index contributed by atoms with van der Waals surface area (Å²) in [6.07, 6.45) is 3.43. The lowest BCUT2D eigenvalue weighted by Gasteiger charge is -2.26. The summed E-state index contributed by atoms with van der Waals surface area (Å²) in [5.41, 5.74) is 3.23. The van der Waals surface area contributed by atoms with Crippen molar-refractivity contribution in [3.63, 3.8) is 0 Å². The average molecular weight is 437 g/mol. The summed E-state index contributed by atoms with van der Waals surface area (Å²) in [4.78, 5) is 15.8. The molecule has 1 amide bonds. The zero-order valence-corrected chi connectivity index (χ0v) is 17.3. The van der Waals surface area contributed by atoms with E-state index in [1.807, 2.05) is 36.9 Å². The maximum Gasteiger partial charge on any atom is 0.248 e. The van der Waals surface area contributed by atoms with Gasteiger partial charge in [-0.25, -0.2) is 0 Å². The molecule has 1 saturated heterocycles. The molecule has 0 spiro atoms. The first-order valence-electron chi connectivity index (χ1n) is 8.24. The molecular weight excluding hydrogens is 416 g/mol. The molecule has 1 fully saturated rings. The maximum absolute atomic E-state index is 12.2. The molecule has 1 aliphatic heterocycles. The van der Waals surface area contributed by atoms with Crippen molar-refractivity contribution in [1.29, 1.82) is 0 Å². The number of amides is 1. The molecule has 3 rings (SSSR count). The molecule has 0 saturated carbocycles. The van der Waals surface area contributed by atoms with Gasteiger partial charge in [-0.3, -0.25) is 9.69 Å². The molecule has 6 heteroatoms. The van der Waals surface area contributed by atoms with E-state index >= 15 is 0 Å². The van der Waals surface area contributed by atoms with Gasteiger partial charge in [-0.2, -0.15) is 11.8 Å². The van der Waals surface area contributed by atoms with E-state index in [0.29, 0.717) is 0 Å². The molecule has 1 N–H and O–H groups in total. The zero-order valence-electron chi connectivity index (χ0n) is 14.1. The van der Waals surface area contributed by atoms with Gasteiger partial charge in [-0.1, -0.05) is 12.1 Å². The fourth-order valence-corrected chi connectivity index (χ4v) is 4.97. The normalized spacial score (nSPS) is 15.6. The van der Waals surface area contributed by atoms with E-state index in [1.165, 1.54) is 17.1 Å². The van der Waals surface area contributed by atoms with Gasteiger partial charge in [-0.05, 0) is 58.3 Å². The van der Waals surface area contributed by atoms with Crippen molar-refractivity contribution in [1.82, 2.24) is 4.90 Å². The van der Waals surface area contributed by atoms with Crippen LogP contribution in [0.25, 0.3) is 6.08 Å². The number of nitrogens with one attached hydrogen (secondary N) is 1. The van der Waals surface area contributed by atoms with Gasteiger partial charge in [0.05, 0.1) is 3.79 Å². The van der Waals surface area contributed by atoms with Gasteiger partial charge >= 0.3 is 0 Å². The van der Waals surface area contributed by atoms with Gasteiger partial charge < -0.3 is 5.32 Å². The molecule has 2 aromatic rings. The number of rotatable bonds is 5. The number of hydrogen-bond acceptors (Lipinski definition) is 4. The number of anilines is 1. The van der Waals surface area contributed by atoms with Crippen LogP contribution in [0.2, 0.25) is 0 Å². The zero-order chi connectivity index (χ0) is 17.6. The quantitative estimate of drug-likeness (QED) is 0.667. The third kappa shape index (κ3) is 5.71. The summed E-state index contributed by atoms with van der Waals surface area (Å²) in [5, 5.41) is 3.01. The van der Waals surface area contributed by atoms with Crippen LogP contribution in [0.4, 0.5) is 5.69 Å². The Morgan fingerprint density at radius 2 is 2.08 bits per heavy atom. The Labute approximate surface area is 165 Å². The van der Waals surface area contributed by atoms with E-state index in [1.54, 1.807) is 17.4 Å². The molecule has 2 heterocycles. The summed E-state index contributed by atoms with van der Waals surface area (Å²) >= 11 is 7.05. The first-order valence-corrected chi connectivity index (χ1v) is 11.0. The number of aryl methyl sites for hydroxylation is 1. The predicted molar refractivity (Wildman–Crippen MR) is 113 cm³/mol. The van der Waals surface area contributed by atoms with Gasteiger partial charge in [-0.15, -0.1) is 11.3 Å². The summed E-state index contributed by atoms with van der Waals surface area (Å²) in [6.45, 7) is 5.25. The van der Waals surface area contributed by atoms with Gasteiger partial charge in [0, 0.05) is 47.8 Å². The van der Waals surface area contributed by atoms with E-state index in [4.69, 9.17) is 0 Å². The Balaban J connectivity index is 1.63. The molecule has 25 heavy (non-hydrogen) atoms. The van der Waals surface area contributed by atoms with Crippen LogP contribution in [0.15, 0.2) is 40.2 Å². The Hall–Kier alpha value is -1.08. The van der Waals surface area contributed by atoms with Crippen molar-refractivity contribution in [2.75, 3.05) is 29.9 Å². The minimum absolute atomic E-state index is 0.0980. The molecule has 0 radical (unpaired) electrons. The van der Waals surface area contributed by atoms with Crippen molar-refractivity contribution in [2.24, 2.45) is 0 Å². The van der Waals surface area contributed by atoms with Crippen LogP contribution >= 0.6 is 39.0 Å². The first kappa shape index (κ1) is 18.7. The van der Waals surface area contributed by atoms with Crippen LogP contribution in [-0.4, -0.2) is 35.4 Å². The third-order valence-corrected chi connectivity index (χ3v) is 6.59. The number of carbonyl (C=O) groups is 1. The van der Waals surface area contributed by atoms with Gasteiger partial charge in [0.15, 0.2) is 0 Å². The minimum Gasteiger partial charge on any atom is -0.322 e. The lowest BCUT2D eigenvalue weighted by atomic mass is 10.1. The molecule has 132 valence electrons. The van der Waals surface area contributed by atoms with E-state index < -0.39 is 0 Å². The average Bonchev–Trinajstić information content (AvgIpc) is 3.02. The van der Waals surface area contributed by atoms with Crippen LogP contribution in [0, 0.1) is 6.92 Å². The molecule has 0 atom stereocenters. The second-order valence-electron chi connectivity index (χ2n) is 6.00. The number of halogens is 1. The highest BCUT2D eigenvalue weighted by atomic mass is 79.9. The molecule has 1 aromatic heterocycles. The summed E-state index contributed by atoms with van der Waals surface area (Å²) < 4.78 is 1.06. The highest BCUT2D eigenvalue weighted by Crippen LogP contribution is 2.23. The van der Waals surface area contributed by atoms with Crippen molar-refractivity contribution >= 4 is 56.7 Å². The van der Waals surface area contributed by atoms with Crippen LogP contribution in [0.3, 0.4) is 0 Å². The fourth-order valence-electron chi connectivity index (χ4n) is 2.67. The SMILES string of the molecule is Cc1ccc(CN2CCSCC2)cc1NC(=O)/C=C/c1ccc(Br)s1. The second kappa shape index (κ2) is 9.03. The Bertz CT molecular complexity index is 767. The lowest BCUT2D eigenvalue weighted by molar-refractivity contribution is -0.111. The molecule has 0 unspecified atom stereocenters. The number of nitrogens with zero attached hydrogens (tertiary/aromatic N) is 1. The molecule has 1 aromatic carbocycles. The standard InChI is InChI=1S/C19H21BrN2OS2/c1-14-2-3-15(13-22-8-10-24-11-9-22)12-17(14)21-19(23)7-5-16-4-6-18(20)25-16/h2-7,12H,8-11,13H2,1H3,(H,21,23)/b7-5+. The van der Waals surface area contributed by atoms with Gasteiger partial charge in [0.25, 0.3) is 0 Å². The van der Waals surface area contributed by atoms with Crippen molar-refractivity contribution in [2.45, 2.75) is 13.5 Å². The molecular formula is C19H21BrN2OS2. The van der Waals surface area contributed by atoms with Crippen molar-refractivity contribution in [3.8, 4) is 0 Å². The maximum atomic E-state index is 12.2. The second-order valence-corrected chi connectivity index (χ2v) is 9.72. The van der Waals surface area contributed by atoms with Gasteiger partial charge in [0.2, 0.25) is 5.91 Å². The summed E-state index contributed by atoms with van der Waals surface area (Å²) in [6, 6.07) is 10.3. The Morgan fingerprint density at radius 1 is 1.28 bits per heavy atom. The topological polar surface area (TPSA) is 32.3 Å². The van der Waals surface area contributed by atoms with Crippen molar-refractivity contribution < 1.29 is 4.79 Å². The van der Waals surface area contributed by atoms with Gasteiger partial charge in [0.1, 0.15) is 0 Å². The molecule has 0 aliphatic carbocycles. The number of thiophene rings is 1. The number of carbonyl (C=O) groups excluding carboxylic acids is 1. The third-order valence-electron chi connectivity index (χ3n) is 4.06. The number of hydrogen-bond donors (Lipinski definition) is 1. The highest BCUT2D eigenvalue weighted by molar-refractivity contribution is 9.11. The molecule has 1 aliphatic rings. The largest absolute Gasteiger partial charge is 0.322 e. The number of thioether (sulfide) groups is 1. The first-order chi connectivity index (χ1) is 12.1. The van der Waals surface area contributed by atoms with Crippen LogP contribution in [-0.2, 0) is 11.3 Å². The lowest BCUT2D eigenvalue weighted by Crippen LogP contribution is -2.31. The fraction of sp³-hybridized carbons (Fsp3) is 0.316. The summed E-state index contributed by atoms with van der Waals surface area (Å²) in [7, 11) is 0. The minimum atomic E-state index is -0.0980. The Morgan fingerprint density at radius 3 is 2.80 bits per heavy atom. The molecule has 3 nitrogen and oxygen atoms in total. The van der Waals surface area contributed by atoms with Crippen LogP contribution in [0.5, 0.6) is 0 Å². The monoisotopic (exact) mass is 436 g/mol.